The van der Waals surface area contributed by atoms with Gasteiger partial charge in [0, 0.05) is 29.6 Å². The molecule has 3 N–H and O–H groups in total. The first kappa shape index (κ1) is 21.0. The van der Waals surface area contributed by atoms with Gasteiger partial charge in [-0.05, 0) is 55.8 Å². The molecule has 1 amide bonds. The molecule has 0 spiro atoms. The first-order valence-corrected chi connectivity index (χ1v) is 10.4. The van der Waals surface area contributed by atoms with Gasteiger partial charge in [-0.2, -0.15) is 0 Å². The normalized spacial score (nSPS) is 12.5. The topological polar surface area (TPSA) is 65.5 Å². The van der Waals surface area contributed by atoms with Crippen molar-refractivity contribution in [3.8, 4) is 0 Å². The summed E-state index contributed by atoms with van der Waals surface area (Å²) in [6.45, 7) is 8.29. The van der Waals surface area contributed by atoms with Crippen LogP contribution in [0.1, 0.15) is 48.0 Å². The van der Waals surface area contributed by atoms with Gasteiger partial charge in [0.1, 0.15) is 0 Å². The first-order chi connectivity index (χ1) is 13.1. The molecule has 0 saturated carbocycles. The lowest BCUT2D eigenvalue weighted by atomic mass is 10.1. The molecule has 1 atom stereocenters. The minimum Gasteiger partial charge on any atom is -0.357 e. The van der Waals surface area contributed by atoms with Crippen LogP contribution in [0.15, 0.2) is 46.8 Å². The zero-order valence-corrected chi connectivity index (χ0v) is 17.2. The summed E-state index contributed by atoms with van der Waals surface area (Å²) in [5.41, 5.74) is 1.70. The van der Waals surface area contributed by atoms with Gasteiger partial charge in [0.05, 0.1) is 6.54 Å². The average molecular weight is 387 g/mol. The van der Waals surface area contributed by atoms with E-state index in [4.69, 9.17) is 0 Å². The minimum absolute atomic E-state index is 0.0313. The lowest BCUT2D eigenvalue weighted by Gasteiger charge is -2.12. The zero-order valence-electron chi connectivity index (χ0n) is 16.4. The number of carbonyl (C=O) groups is 1. The lowest BCUT2D eigenvalue weighted by molar-refractivity contribution is 0.0939. The highest BCUT2D eigenvalue weighted by Crippen LogP contribution is 2.09. The summed E-state index contributed by atoms with van der Waals surface area (Å²) >= 11 is 1.77. The maximum absolute atomic E-state index is 12.3. The Labute approximate surface area is 166 Å². The quantitative estimate of drug-likeness (QED) is 0.456. The Morgan fingerprint density at radius 1 is 1.19 bits per heavy atom. The molecule has 0 aliphatic rings. The van der Waals surface area contributed by atoms with Crippen LogP contribution in [0.25, 0.3) is 0 Å². The van der Waals surface area contributed by atoms with Crippen molar-refractivity contribution >= 4 is 23.2 Å². The second-order valence-corrected chi connectivity index (χ2v) is 7.47. The molecule has 146 valence electrons. The Morgan fingerprint density at radius 2 is 2.04 bits per heavy atom. The molecule has 1 aromatic heterocycles. The molecule has 2 rings (SSSR count). The van der Waals surface area contributed by atoms with E-state index in [9.17, 15) is 4.79 Å². The van der Waals surface area contributed by atoms with E-state index in [1.165, 1.54) is 4.88 Å². The summed E-state index contributed by atoms with van der Waals surface area (Å²) < 4.78 is 0. The van der Waals surface area contributed by atoms with Gasteiger partial charge in [0.2, 0.25) is 0 Å². The van der Waals surface area contributed by atoms with Crippen molar-refractivity contribution in [2.75, 3.05) is 13.1 Å². The molecule has 1 aromatic carbocycles. The number of thiophene rings is 1. The second-order valence-electron chi connectivity index (χ2n) is 6.43. The molecule has 0 bridgehead atoms. The molecule has 1 unspecified atom stereocenters. The summed E-state index contributed by atoms with van der Waals surface area (Å²) in [6, 6.07) is 12.1. The predicted molar refractivity (Wildman–Crippen MR) is 115 cm³/mol. The van der Waals surface area contributed by atoms with E-state index in [1.807, 2.05) is 31.2 Å². The number of nitrogens with zero attached hydrogens (tertiary/aromatic N) is 1. The largest absolute Gasteiger partial charge is 0.357 e. The van der Waals surface area contributed by atoms with Crippen molar-refractivity contribution in [3.63, 3.8) is 0 Å². The third-order valence-electron chi connectivity index (χ3n) is 4.19. The number of hydrogen-bond acceptors (Lipinski definition) is 3. The van der Waals surface area contributed by atoms with Gasteiger partial charge >= 0.3 is 0 Å². The van der Waals surface area contributed by atoms with Crippen LogP contribution in [0.2, 0.25) is 0 Å². The van der Waals surface area contributed by atoms with E-state index in [2.05, 4.69) is 52.3 Å². The number of rotatable bonds is 9. The Bertz CT molecular complexity index is 728. The summed E-state index contributed by atoms with van der Waals surface area (Å²) in [7, 11) is 0. The smallest absolute Gasteiger partial charge is 0.251 e. The Hall–Kier alpha value is -2.34. The van der Waals surface area contributed by atoms with Crippen molar-refractivity contribution < 1.29 is 4.79 Å². The summed E-state index contributed by atoms with van der Waals surface area (Å²) in [5.74, 6) is 0.764. The van der Waals surface area contributed by atoms with Gasteiger partial charge in [-0.15, -0.1) is 11.3 Å². The van der Waals surface area contributed by atoms with Crippen molar-refractivity contribution in [2.45, 2.75) is 46.2 Å². The van der Waals surface area contributed by atoms with E-state index >= 15 is 0 Å². The van der Waals surface area contributed by atoms with Gasteiger partial charge in [0.25, 0.3) is 5.91 Å². The van der Waals surface area contributed by atoms with E-state index in [-0.39, 0.29) is 11.9 Å². The highest BCUT2D eigenvalue weighted by Gasteiger charge is 2.09. The van der Waals surface area contributed by atoms with Gasteiger partial charge in [-0.3, -0.25) is 4.79 Å². The van der Waals surface area contributed by atoms with E-state index in [0.29, 0.717) is 12.1 Å². The van der Waals surface area contributed by atoms with Crippen LogP contribution < -0.4 is 16.0 Å². The van der Waals surface area contributed by atoms with E-state index in [0.717, 1.165) is 37.5 Å². The fourth-order valence-corrected chi connectivity index (χ4v) is 3.20. The molecule has 1 heterocycles. The molecule has 0 saturated heterocycles. The number of guanidine groups is 1. The fourth-order valence-electron chi connectivity index (χ4n) is 2.49. The van der Waals surface area contributed by atoms with Crippen molar-refractivity contribution in [2.24, 2.45) is 4.99 Å². The molecule has 2 aromatic rings. The van der Waals surface area contributed by atoms with Gasteiger partial charge in [0.15, 0.2) is 5.96 Å². The van der Waals surface area contributed by atoms with Crippen molar-refractivity contribution in [3.05, 3.63) is 57.8 Å². The fraction of sp³-hybridized carbons (Fsp3) is 0.429. The molecule has 6 heteroatoms. The number of aliphatic imine (C=N–C) groups is 1. The Kier molecular flexibility index (Phi) is 8.84. The van der Waals surface area contributed by atoms with E-state index in [1.54, 1.807) is 11.3 Å². The average Bonchev–Trinajstić information content (AvgIpc) is 3.19. The molecule has 0 fully saturated rings. The third-order valence-corrected chi connectivity index (χ3v) is 5.12. The van der Waals surface area contributed by atoms with Crippen LogP contribution in [0.3, 0.4) is 0 Å². The van der Waals surface area contributed by atoms with Crippen molar-refractivity contribution in [1.82, 2.24) is 16.0 Å². The lowest BCUT2D eigenvalue weighted by Crippen LogP contribution is -2.38. The molecule has 0 aliphatic heterocycles. The summed E-state index contributed by atoms with van der Waals surface area (Å²) in [4.78, 5) is 18.3. The van der Waals surface area contributed by atoms with Gasteiger partial charge in [-0.25, -0.2) is 4.99 Å². The molecule has 0 aliphatic carbocycles. The maximum atomic E-state index is 12.3. The van der Waals surface area contributed by atoms with Crippen LogP contribution in [0, 0.1) is 0 Å². The highest BCUT2D eigenvalue weighted by atomic mass is 32.1. The highest BCUT2D eigenvalue weighted by molar-refractivity contribution is 7.09. The number of amides is 1. The number of hydrogen-bond donors (Lipinski definition) is 3. The van der Waals surface area contributed by atoms with Crippen LogP contribution in [0.5, 0.6) is 0 Å². The molecule has 27 heavy (non-hydrogen) atoms. The third kappa shape index (κ3) is 7.43. The SMILES string of the molecule is CCNC(=NCc1cccc(C(=O)NC(C)CC)c1)NCCc1cccs1. The number of benzene rings is 1. The molecular formula is C21H30N4OS. The zero-order chi connectivity index (χ0) is 19.5. The van der Waals surface area contributed by atoms with Crippen LogP contribution in [-0.4, -0.2) is 31.0 Å². The Balaban J connectivity index is 1.93. The van der Waals surface area contributed by atoms with Gasteiger partial charge in [-0.1, -0.05) is 25.1 Å². The monoisotopic (exact) mass is 386 g/mol. The summed E-state index contributed by atoms with van der Waals surface area (Å²) in [6.07, 6.45) is 1.90. The maximum Gasteiger partial charge on any atom is 0.251 e. The van der Waals surface area contributed by atoms with Crippen LogP contribution >= 0.6 is 11.3 Å². The first-order valence-electron chi connectivity index (χ1n) is 9.56. The standard InChI is InChI=1S/C21H30N4OS/c1-4-16(3)25-20(26)18-9-6-8-17(14-18)15-24-21(22-5-2)23-12-11-19-10-7-13-27-19/h6-10,13-14,16H,4-5,11-12,15H2,1-3H3,(H,25,26)(H2,22,23,24). The number of carbonyl (C=O) groups excluding carboxylic acids is 1. The van der Waals surface area contributed by atoms with Gasteiger partial charge < -0.3 is 16.0 Å². The van der Waals surface area contributed by atoms with E-state index < -0.39 is 0 Å². The molecular weight excluding hydrogens is 356 g/mol. The van der Waals surface area contributed by atoms with Crippen LogP contribution in [-0.2, 0) is 13.0 Å². The second kappa shape index (κ2) is 11.4. The Morgan fingerprint density at radius 3 is 2.74 bits per heavy atom. The predicted octanol–water partition coefficient (Wildman–Crippen LogP) is 3.57. The summed E-state index contributed by atoms with van der Waals surface area (Å²) in [5, 5.41) is 11.7. The minimum atomic E-state index is -0.0313. The molecule has 5 nitrogen and oxygen atoms in total. The van der Waals surface area contributed by atoms with Crippen LogP contribution in [0.4, 0.5) is 0 Å². The number of nitrogens with one attached hydrogen (secondary N) is 3. The molecule has 0 radical (unpaired) electrons. The van der Waals surface area contributed by atoms with Crippen molar-refractivity contribution in [1.29, 1.82) is 0 Å².